The molecule has 0 unspecified atom stereocenters. The molecule has 4 rings (SSSR count). The average Bonchev–Trinajstić information content (AvgIpc) is 2.86. The van der Waals surface area contributed by atoms with Crippen LogP contribution in [-0.2, 0) is 9.47 Å². The normalized spacial score (nSPS) is 11.4. The second-order valence-corrected chi connectivity index (χ2v) is 7.51. The van der Waals surface area contributed by atoms with Gasteiger partial charge in [-0.1, -0.05) is 128 Å². The van der Waals surface area contributed by atoms with E-state index in [0.717, 1.165) is 28.7 Å². The quantitative estimate of drug-likeness (QED) is 0.270. The largest absolute Gasteiger partial charge is 0.340 e. The number of rotatable bonds is 9. The Morgan fingerprint density at radius 1 is 0.452 bits per heavy atom. The summed E-state index contributed by atoms with van der Waals surface area (Å²) < 4.78 is 13.2. The van der Waals surface area contributed by atoms with Crippen LogP contribution in [0, 0.1) is 0 Å². The summed E-state index contributed by atoms with van der Waals surface area (Å²) in [5.74, 6) is 0. The van der Waals surface area contributed by atoms with Crippen molar-refractivity contribution in [3.05, 3.63) is 144 Å². The molecule has 0 aromatic heterocycles. The summed E-state index contributed by atoms with van der Waals surface area (Å²) in [5.41, 5.74) is 4.47. The fourth-order valence-corrected chi connectivity index (χ4v) is 3.74. The van der Waals surface area contributed by atoms with Gasteiger partial charge in [0.2, 0.25) is 0 Å². The van der Waals surface area contributed by atoms with E-state index in [9.17, 15) is 0 Å². The van der Waals surface area contributed by atoms with Gasteiger partial charge in [0.15, 0.2) is 6.29 Å². The lowest BCUT2D eigenvalue weighted by Crippen LogP contribution is -2.23. The zero-order valence-corrected chi connectivity index (χ0v) is 17.8. The molecule has 0 saturated heterocycles. The van der Waals surface area contributed by atoms with Gasteiger partial charge in [-0.2, -0.15) is 0 Å². The van der Waals surface area contributed by atoms with Crippen molar-refractivity contribution in [2.45, 2.75) is 31.8 Å². The van der Waals surface area contributed by atoms with Gasteiger partial charge in [0.1, 0.15) is 12.2 Å². The molecule has 156 valence electrons. The Morgan fingerprint density at radius 2 is 0.710 bits per heavy atom. The minimum atomic E-state index is -0.365. The number of benzene rings is 4. The molecule has 0 atom stereocenters. The van der Waals surface area contributed by atoms with Gasteiger partial charge in [0.25, 0.3) is 0 Å². The number of ether oxygens (including phenoxy) is 2. The van der Waals surface area contributed by atoms with Crippen LogP contribution in [0.3, 0.4) is 0 Å². The van der Waals surface area contributed by atoms with E-state index in [2.05, 4.69) is 55.5 Å². The van der Waals surface area contributed by atoms with Crippen LogP contribution in [0.25, 0.3) is 0 Å². The summed E-state index contributed by atoms with van der Waals surface area (Å²) >= 11 is 0. The smallest absolute Gasteiger partial charge is 0.159 e. The summed E-state index contributed by atoms with van der Waals surface area (Å²) in [4.78, 5) is 0. The highest BCUT2D eigenvalue weighted by Gasteiger charge is 2.24. The van der Waals surface area contributed by atoms with Crippen LogP contribution >= 0.6 is 0 Å². The first-order valence-corrected chi connectivity index (χ1v) is 10.9. The molecule has 0 aliphatic heterocycles. The van der Waals surface area contributed by atoms with Crippen LogP contribution in [0.15, 0.2) is 121 Å². The molecular formula is C29H28O2. The maximum absolute atomic E-state index is 6.62. The van der Waals surface area contributed by atoms with E-state index in [1.54, 1.807) is 0 Å². The summed E-state index contributed by atoms with van der Waals surface area (Å²) in [7, 11) is 0. The van der Waals surface area contributed by atoms with Gasteiger partial charge < -0.3 is 9.47 Å². The molecule has 0 saturated carbocycles. The molecule has 0 spiro atoms. The molecule has 0 amide bonds. The predicted molar refractivity (Wildman–Crippen MR) is 126 cm³/mol. The average molecular weight is 409 g/mol. The van der Waals surface area contributed by atoms with E-state index in [1.807, 2.05) is 72.8 Å². The number of hydrogen-bond acceptors (Lipinski definition) is 2. The van der Waals surface area contributed by atoms with E-state index in [1.165, 1.54) is 0 Å². The summed E-state index contributed by atoms with van der Waals surface area (Å²) in [6, 6.07) is 41.4. The number of hydrogen-bond donors (Lipinski definition) is 0. The first-order chi connectivity index (χ1) is 15.3. The Bertz CT molecular complexity index is 853. The van der Waals surface area contributed by atoms with Crippen molar-refractivity contribution < 1.29 is 9.47 Å². The van der Waals surface area contributed by atoms with Gasteiger partial charge in [0.05, 0.1) is 0 Å². The van der Waals surface area contributed by atoms with Crippen LogP contribution in [0.4, 0.5) is 0 Å². The van der Waals surface area contributed by atoms with E-state index in [0.29, 0.717) is 0 Å². The molecule has 0 radical (unpaired) electrons. The zero-order chi connectivity index (χ0) is 21.3. The van der Waals surface area contributed by atoms with Gasteiger partial charge in [-0.05, 0) is 28.7 Å². The van der Waals surface area contributed by atoms with Crippen molar-refractivity contribution >= 4 is 0 Å². The first-order valence-electron chi connectivity index (χ1n) is 10.9. The second-order valence-electron chi connectivity index (χ2n) is 7.51. The maximum Gasteiger partial charge on any atom is 0.159 e. The van der Waals surface area contributed by atoms with E-state index in [4.69, 9.17) is 9.47 Å². The molecule has 2 nitrogen and oxygen atoms in total. The standard InChI is InChI=1S/C29H28O2/c1-2-27(30-28(23-15-7-3-8-16-23)24-17-9-4-10-18-24)31-29(25-19-11-5-12-20-25)26-21-13-6-14-22-26/h3-22,27-29H,2H2,1H3. The summed E-state index contributed by atoms with van der Waals surface area (Å²) in [5, 5.41) is 0. The van der Waals surface area contributed by atoms with Gasteiger partial charge in [-0.15, -0.1) is 0 Å². The fourth-order valence-electron chi connectivity index (χ4n) is 3.74. The van der Waals surface area contributed by atoms with Crippen LogP contribution < -0.4 is 0 Å². The Kier molecular flexibility index (Phi) is 7.28. The first kappa shape index (κ1) is 21.0. The Morgan fingerprint density at radius 3 is 0.935 bits per heavy atom. The Labute approximate surface area is 185 Å². The topological polar surface area (TPSA) is 18.5 Å². The molecule has 0 N–H and O–H groups in total. The van der Waals surface area contributed by atoms with Crippen LogP contribution in [0.5, 0.6) is 0 Å². The molecule has 0 bridgehead atoms. The summed E-state index contributed by atoms with van der Waals surface area (Å²) in [6.07, 6.45) is -0.0123. The minimum absolute atomic E-state index is 0.195. The lowest BCUT2D eigenvalue weighted by Gasteiger charge is -2.29. The highest BCUT2D eigenvalue weighted by molar-refractivity contribution is 5.31. The monoisotopic (exact) mass is 408 g/mol. The summed E-state index contributed by atoms with van der Waals surface area (Å²) in [6.45, 7) is 2.10. The SMILES string of the molecule is CCC(OC(c1ccccc1)c1ccccc1)OC(c1ccccc1)c1ccccc1. The van der Waals surface area contributed by atoms with Crippen molar-refractivity contribution in [3.8, 4) is 0 Å². The van der Waals surface area contributed by atoms with Crippen LogP contribution in [-0.4, -0.2) is 6.29 Å². The zero-order valence-electron chi connectivity index (χ0n) is 17.8. The molecule has 0 aliphatic carbocycles. The van der Waals surface area contributed by atoms with Crippen molar-refractivity contribution in [1.29, 1.82) is 0 Å². The molecule has 0 aliphatic rings. The minimum Gasteiger partial charge on any atom is -0.340 e. The second kappa shape index (κ2) is 10.7. The van der Waals surface area contributed by atoms with Gasteiger partial charge >= 0.3 is 0 Å². The van der Waals surface area contributed by atoms with Gasteiger partial charge in [-0.25, -0.2) is 0 Å². The van der Waals surface area contributed by atoms with Gasteiger partial charge in [0, 0.05) is 0 Å². The highest BCUT2D eigenvalue weighted by atomic mass is 16.7. The van der Waals surface area contributed by atoms with Crippen LogP contribution in [0.1, 0.15) is 47.8 Å². The van der Waals surface area contributed by atoms with Crippen molar-refractivity contribution in [2.75, 3.05) is 0 Å². The molecule has 0 heterocycles. The van der Waals surface area contributed by atoms with E-state index < -0.39 is 0 Å². The highest BCUT2D eigenvalue weighted by Crippen LogP contribution is 2.32. The Balaban J connectivity index is 1.63. The van der Waals surface area contributed by atoms with Gasteiger partial charge in [-0.3, -0.25) is 0 Å². The van der Waals surface area contributed by atoms with Crippen LogP contribution in [0.2, 0.25) is 0 Å². The lowest BCUT2D eigenvalue weighted by molar-refractivity contribution is -0.183. The third-order valence-corrected chi connectivity index (χ3v) is 5.32. The fraction of sp³-hybridized carbons (Fsp3) is 0.172. The third-order valence-electron chi connectivity index (χ3n) is 5.32. The maximum atomic E-state index is 6.62. The molecule has 4 aromatic carbocycles. The van der Waals surface area contributed by atoms with Crippen molar-refractivity contribution in [3.63, 3.8) is 0 Å². The lowest BCUT2D eigenvalue weighted by atomic mass is 10.0. The molecule has 0 fully saturated rings. The molecule has 4 aromatic rings. The van der Waals surface area contributed by atoms with E-state index in [-0.39, 0.29) is 18.5 Å². The molecular weight excluding hydrogens is 380 g/mol. The molecule has 31 heavy (non-hydrogen) atoms. The predicted octanol–water partition coefficient (Wildman–Crippen LogP) is 7.33. The third kappa shape index (κ3) is 5.49. The van der Waals surface area contributed by atoms with E-state index >= 15 is 0 Å². The Hall–Kier alpha value is -3.20. The van der Waals surface area contributed by atoms with Crippen molar-refractivity contribution in [2.24, 2.45) is 0 Å². The van der Waals surface area contributed by atoms with Crippen molar-refractivity contribution in [1.82, 2.24) is 0 Å². The molecule has 2 heteroatoms.